The van der Waals surface area contributed by atoms with E-state index in [1.807, 2.05) is 6.26 Å². The molecule has 0 spiro atoms. The van der Waals surface area contributed by atoms with Crippen molar-refractivity contribution in [1.82, 2.24) is 0 Å². The summed E-state index contributed by atoms with van der Waals surface area (Å²) >= 11 is 1.60. The van der Waals surface area contributed by atoms with E-state index in [1.165, 1.54) is 0 Å². The lowest BCUT2D eigenvalue weighted by Crippen LogP contribution is -3.00. The van der Waals surface area contributed by atoms with Crippen LogP contribution in [0.3, 0.4) is 0 Å². The van der Waals surface area contributed by atoms with Gasteiger partial charge in [0.2, 0.25) is 0 Å². The highest BCUT2D eigenvalue weighted by Crippen LogP contribution is 2.19. The van der Waals surface area contributed by atoms with Crippen molar-refractivity contribution in [3.8, 4) is 0 Å². The number of thioether (sulfide) groups is 1. The van der Waals surface area contributed by atoms with E-state index < -0.39 is 9.84 Å². The second kappa shape index (κ2) is 3.98. The lowest BCUT2D eigenvalue weighted by Gasteiger charge is -2.04. The van der Waals surface area contributed by atoms with Crippen molar-refractivity contribution in [2.45, 2.75) is 11.3 Å². The highest BCUT2D eigenvalue weighted by Gasteiger charge is 2.37. The summed E-state index contributed by atoms with van der Waals surface area (Å²) in [5, 5.41) is 0.227. The summed E-state index contributed by atoms with van der Waals surface area (Å²) in [6.07, 6.45) is 1.93. The molecule has 1 aliphatic heterocycles. The van der Waals surface area contributed by atoms with Crippen LogP contribution in [0.5, 0.6) is 0 Å². The summed E-state index contributed by atoms with van der Waals surface area (Å²) in [5.74, 6) is 0.598. The van der Waals surface area contributed by atoms with Crippen LogP contribution in [0.2, 0.25) is 0 Å². The number of rotatable bonds is 1. The fraction of sp³-hybridized carbons (Fsp3) is 1.00. The Morgan fingerprint density at radius 2 is 2.00 bits per heavy atom. The molecule has 3 nitrogen and oxygen atoms in total. The minimum absolute atomic E-state index is 0. The zero-order valence-electron chi connectivity index (χ0n) is 6.29. The largest absolute Gasteiger partial charge is 1.00 e. The predicted octanol–water partition coefficient (Wildman–Crippen LogP) is -4.24. The minimum atomic E-state index is -2.74. The monoisotopic (exact) mass is 217 g/mol. The Morgan fingerprint density at radius 1 is 1.45 bits per heavy atom. The first kappa shape index (κ1) is 11.6. The number of hydrogen-bond donors (Lipinski definition) is 1. The van der Waals surface area contributed by atoms with Crippen LogP contribution in [0.1, 0.15) is 0 Å². The fourth-order valence-electron chi connectivity index (χ4n) is 1.15. The van der Waals surface area contributed by atoms with Gasteiger partial charge in [0.1, 0.15) is 11.8 Å². The van der Waals surface area contributed by atoms with Gasteiger partial charge in [0.15, 0.2) is 9.84 Å². The lowest BCUT2D eigenvalue weighted by atomic mass is 10.3. The summed E-state index contributed by atoms with van der Waals surface area (Å²) in [6.45, 7) is 0. The molecular weight excluding hydrogens is 206 g/mol. The summed E-state index contributed by atoms with van der Waals surface area (Å²) in [4.78, 5) is 0. The van der Waals surface area contributed by atoms with Gasteiger partial charge < -0.3 is 18.1 Å². The highest BCUT2D eigenvalue weighted by atomic mass is 35.5. The maximum Gasteiger partial charge on any atom is 0.157 e. The van der Waals surface area contributed by atoms with Gasteiger partial charge in [-0.3, -0.25) is 0 Å². The molecule has 1 saturated heterocycles. The number of hydrogen-bond acceptors (Lipinski definition) is 3. The molecule has 2 unspecified atom stereocenters. The molecule has 0 aromatic rings. The summed E-state index contributed by atoms with van der Waals surface area (Å²) in [6, 6.07) is 0.0972. The van der Waals surface area contributed by atoms with Gasteiger partial charge in [-0.2, -0.15) is 11.8 Å². The molecule has 3 N–H and O–H groups in total. The van der Waals surface area contributed by atoms with E-state index in [0.29, 0.717) is 5.75 Å². The highest BCUT2D eigenvalue weighted by molar-refractivity contribution is 8.01. The third-order valence-corrected chi connectivity index (χ3v) is 4.89. The number of sulfone groups is 1. The smallest absolute Gasteiger partial charge is 0.157 e. The van der Waals surface area contributed by atoms with E-state index in [0.717, 1.165) is 0 Å². The molecule has 0 aromatic heterocycles. The van der Waals surface area contributed by atoms with Crippen LogP contribution < -0.4 is 18.1 Å². The van der Waals surface area contributed by atoms with Crippen LogP contribution in [-0.4, -0.2) is 37.5 Å². The van der Waals surface area contributed by atoms with E-state index in [4.69, 9.17) is 0 Å². The molecule has 0 aliphatic carbocycles. The maximum absolute atomic E-state index is 11.0. The minimum Gasteiger partial charge on any atom is -1.00 e. The molecule has 0 bridgehead atoms. The van der Waals surface area contributed by atoms with E-state index in [-0.39, 0.29) is 29.5 Å². The first-order valence-corrected chi connectivity index (χ1v) is 6.22. The van der Waals surface area contributed by atoms with Crippen LogP contribution in [0.15, 0.2) is 0 Å². The first-order valence-electron chi connectivity index (χ1n) is 3.11. The second-order valence-electron chi connectivity index (χ2n) is 2.61. The van der Waals surface area contributed by atoms with Crippen LogP contribution >= 0.6 is 11.8 Å². The average molecular weight is 218 g/mol. The molecule has 0 radical (unpaired) electrons. The Kier molecular flexibility index (Phi) is 4.18. The SMILES string of the molecule is CSC1CS(=O)(=O)CC1[NH3+].[Cl-]. The Balaban J connectivity index is 0.000001000. The number of halogens is 1. The third kappa shape index (κ3) is 2.82. The molecule has 0 saturated carbocycles. The fourth-order valence-corrected chi connectivity index (χ4v) is 4.71. The summed E-state index contributed by atoms with van der Waals surface area (Å²) in [7, 11) is -2.74. The molecule has 68 valence electrons. The van der Waals surface area contributed by atoms with Crippen molar-refractivity contribution in [1.29, 1.82) is 0 Å². The predicted molar refractivity (Wildman–Crippen MR) is 42.6 cm³/mol. The van der Waals surface area contributed by atoms with Gasteiger partial charge in [0.05, 0.1) is 11.0 Å². The molecule has 0 aromatic carbocycles. The normalized spacial score (nSPS) is 34.7. The Morgan fingerprint density at radius 3 is 2.18 bits per heavy atom. The molecule has 0 amide bonds. The second-order valence-corrected chi connectivity index (χ2v) is 5.84. The van der Waals surface area contributed by atoms with Gasteiger partial charge in [-0.15, -0.1) is 0 Å². The van der Waals surface area contributed by atoms with Gasteiger partial charge in [-0.05, 0) is 6.26 Å². The van der Waals surface area contributed by atoms with Gasteiger partial charge in [0.25, 0.3) is 0 Å². The quantitative estimate of drug-likeness (QED) is 0.484. The van der Waals surface area contributed by atoms with E-state index in [1.54, 1.807) is 11.8 Å². The van der Waals surface area contributed by atoms with Crippen molar-refractivity contribution < 1.29 is 26.6 Å². The van der Waals surface area contributed by atoms with Crippen molar-refractivity contribution in [3.63, 3.8) is 0 Å². The van der Waals surface area contributed by atoms with Crippen LogP contribution in [0.4, 0.5) is 0 Å². The van der Waals surface area contributed by atoms with Crippen molar-refractivity contribution in [2.75, 3.05) is 17.8 Å². The van der Waals surface area contributed by atoms with Crippen LogP contribution in [-0.2, 0) is 9.84 Å². The van der Waals surface area contributed by atoms with Gasteiger partial charge in [-0.1, -0.05) is 0 Å². The summed E-state index contributed by atoms with van der Waals surface area (Å²) < 4.78 is 21.9. The molecule has 2 atom stereocenters. The van der Waals surface area contributed by atoms with E-state index >= 15 is 0 Å². The zero-order valence-corrected chi connectivity index (χ0v) is 8.68. The zero-order chi connectivity index (χ0) is 7.78. The molecule has 1 fully saturated rings. The van der Waals surface area contributed by atoms with Gasteiger partial charge in [-0.25, -0.2) is 8.42 Å². The topological polar surface area (TPSA) is 61.8 Å². The molecular formula is C5H12ClNO2S2. The molecule has 1 heterocycles. The molecule has 6 heteroatoms. The van der Waals surface area contributed by atoms with E-state index in [9.17, 15) is 8.42 Å². The maximum atomic E-state index is 11.0. The molecule has 11 heavy (non-hydrogen) atoms. The van der Waals surface area contributed by atoms with Gasteiger partial charge >= 0.3 is 0 Å². The number of quaternary nitrogens is 1. The third-order valence-electron chi connectivity index (χ3n) is 1.71. The molecule has 1 aliphatic rings. The van der Waals surface area contributed by atoms with E-state index in [2.05, 4.69) is 5.73 Å². The van der Waals surface area contributed by atoms with Crippen molar-refractivity contribution in [3.05, 3.63) is 0 Å². The van der Waals surface area contributed by atoms with Crippen LogP contribution in [0.25, 0.3) is 0 Å². The standard InChI is InChI=1S/C5H11NO2S2.ClH/c1-9-5-3-10(7,8)2-4(5)6;/h4-5H,2-3,6H2,1H3;1H. The average Bonchev–Trinajstić information content (AvgIpc) is 2.05. The Labute approximate surface area is 77.4 Å². The Hall–Kier alpha value is 0.550. The van der Waals surface area contributed by atoms with Crippen LogP contribution in [0, 0.1) is 0 Å². The van der Waals surface area contributed by atoms with Crippen molar-refractivity contribution >= 4 is 21.6 Å². The molecule has 1 rings (SSSR count). The van der Waals surface area contributed by atoms with Gasteiger partial charge in [0, 0.05) is 0 Å². The first-order chi connectivity index (χ1) is 4.55. The Bertz CT molecular complexity index is 217. The lowest BCUT2D eigenvalue weighted by molar-refractivity contribution is -0.408. The van der Waals surface area contributed by atoms with Crippen molar-refractivity contribution in [2.24, 2.45) is 0 Å². The summed E-state index contributed by atoms with van der Waals surface area (Å²) in [5.41, 5.74) is 3.79.